The minimum atomic E-state index is -0.423. The summed E-state index contributed by atoms with van der Waals surface area (Å²) in [5.41, 5.74) is 7.06. The standard InChI is InChI=1S/C13H20N2O3/c1-4-17-12(16)8-18-13-11(14)6-5-10(15-13)7-9(2)3/h5-6,9H,4,7-8,14H2,1-3H3. The van der Waals surface area contributed by atoms with E-state index < -0.39 is 5.97 Å². The lowest BCUT2D eigenvalue weighted by Crippen LogP contribution is -2.16. The van der Waals surface area contributed by atoms with Crippen molar-refractivity contribution in [2.75, 3.05) is 18.9 Å². The molecule has 0 atom stereocenters. The van der Waals surface area contributed by atoms with Crippen LogP contribution in [0.15, 0.2) is 12.1 Å². The highest BCUT2D eigenvalue weighted by Crippen LogP contribution is 2.19. The van der Waals surface area contributed by atoms with Gasteiger partial charge < -0.3 is 15.2 Å². The van der Waals surface area contributed by atoms with E-state index in [9.17, 15) is 4.79 Å². The summed E-state index contributed by atoms with van der Waals surface area (Å²) >= 11 is 0. The van der Waals surface area contributed by atoms with Crippen molar-refractivity contribution in [1.82, 2.24) is 4.98 Å². The highest BCUT2D eigenvalue weighted by Gasteiger charge is 2.09. The Hall–Kier alpha value is -1.78. The third-order valence-corrected chi connectivity index (χ3v) is 2.20. The van der Waals surface area contributed by atoms with Crippen LogP contribution in [0.3, 0.4) is 0 Å². The minimum absolute atomic E-state index is 0.170. The number of nitrogens with zero attached hydrogens (tertiary/aromatic N) is 1. The number of esters is 1. The molecule has 0 spiro atoms. The highest BCUT2D eigenvalue weighted by atomic mass is 16.6. The van der Waals surface area contributed by atoms with E-state index in [0.717, 1.165) is 12.1 Å². The summed E-state index contributed by atoms with van der Waals surface area (Å²) < 4.78 is 10.0. The van der Waals surface area contributed by atoms with E-state index in [0.29, 0.717) is 24.1 Å². The average Bonchev–Trinajstić information content (AvgIpc) is 2.29. The fraction of sp³-hybridized carbons (Fsp3) is 0.538. The number of nitrogens with two attached hydrogens (primary N) is 1. The first-order chi connectivity index (χ1) is 8.52. The number of nitrogen functional groups attached to an aromatic ring is 1. The Morgan fingerprint density at radius 3 is 2.78 bits per heavy atom. The SMILES string of the molecule is CCOC(=O)COc1nc(CC(C)C)ccc1N. The Morgan fingerprint density at radius 2 is 2.17 bits per heavy atom. The number of carbonyl (C=O) groups excluding carboxylic acids is 1. The van der Waals surface area contributed by atoms with Gasteiger partial charge in [-0.25, -0.2) is 9.78 Å². The lowest BCUT2D eigenvalue weighted by molar-refractivity contribution is -0.145. The Labute approximate surface area is 107 Å². The van der Waals surface area contributed by atoms with E-state index in [4.69, 9.17) is 15.2 Å². The van der Waals surface area contributed by atoms with Gasteiger partial charge in [0.15, 0.2) is 6.61 Å². The van der Waals surface area contributed by atoms with Gasteiger partial charge in [-0.3, -0.25) is 0 Å². The van der Waals surface area contributed by atoms with E-state index >= 15 is 0 Å². The molecule has 0 aliphatic carbocycles. The molecule has 0 aliphatic rings. The van der Waals surface area contributed by atoms with Gasteiger partial charge in [-0.1, -0.05) is 13.8 Å². The van der Waals surface area contributed by atoms with Gasteiger partial charge in [0.05, 0.1) is 12.3 Å². The topological polar surface area (TPSA) is 74.4 Å². The van der Waals surface area contributed by atoms with Gasteiger partial charge >= 0.3 is 5.97 Å². The van der Waals surface area contributed by atoms with Crippen molar-refractivity contribution in [3.05, 3.63) is 17.8 Å². The molecule has 1 rings (SSSR count). The van der Waals surface area contributed by atoms with Gasteiger partial charge in [0, 0.05) is 5.69 Å². The molecule has 2 N–H and O–H groups in total. The van der Waals surface area contributed by atoms with Gasteiger partial charge in [0.2, 0.25) is 5.88 Å². The third kappa shape index (κ3) is 4.61. The van der Waals surface area contributed by atoms with E-state index in [1.165, 1.54) is 0 Å². The zero-order valence-corrected chi connectivity index (χ0v) is 11.1. The number of pyridine rings is 1. The molecule has 0 saturated heterocycles. The number of hydrogen-bond donors (Lipinski definition) is 1. The van der Waals surface area contributed by atoms with E-state index in [1.807, 2.05) is 6.07 Å². The van der Waals surface area contributed by atoms with Crippen molar-refractivity contribution in [2.45, 2.75) is 27.2 Å². The van der Waals surface area contributed by atoms with Gasteiger partial charge in [0.1, 0.15) is 0 Å². The molecule has 0 bridgehead atoms. The second-order valence-electron chi connectivity index (χ2n) is 4.39. The molecular weight excluding hydrogens is 232 g/mol. The van der Waals surface area contributed by atoms with Crippen molar-refractivity contribution in [3.8, 4) is 5.88 Å². The smallest absolute Gasteiger partial charge is 0.344 e. The van der Waals surface area contributed by atoms with Crippen LogP contribution in [0.4, 0.5) is 5.69 Å². The van der Waals surface area contributed by atoms with Gasteiger partial charge in [0.25, 0.3) is 0 Å². The Balaban J connectivity index is 2.66. The molecule has 1 aromatic rings. The predicted molar refractivity (Wildman–Crippen MR) is 69.3 cm³/mol. The van der Waals surface area contributed by atoms with Crippen molar-refractivity contribution in [2.24, 2.45) is 5.92 Å². The third-order valence-electron chi connectivity index (χ3n) is 2.20. The first-order valence-corrected chi connectivity index (χ1v) is 6.06. The lowest BCUT2D eigenvalue weighted by Gasteiger charge is -2.10. The molecule has 100 valence electrons. The first-order valence-electron chi connectivity index (χ1n) is 6.06. The Kier molecular flexibility index (Phi) is 5.42. The fourth-order valence-electron chi connectivity index (χ4n) is 1.47. The molecule has 0 saturated carbocycles. The van der Waals surface area contributed by atoms with Gasteiger partial charge in [-0.05, 0) is 31.4 Å². The molecule has 0 aliphatic heterocycles. The highest BCUT2D eigenvalue weighted by molar-refractivity contribution is 5.71. The summed E-state index contributed by atoms with van der Waals surface area (Å²) in [6.07, 6.45) is 0.843. The zero-order chi connectivity index (χ0) is 13.5. The van der Waals surface area contributed by atoms with Gasteiger partial charge in [-0.15, -0.1) is 0 Å². The van der Waals surface area contributed by atoms with Crippen LogP contribution < -0.4 is 10.5 Å². The van der Waals surface area contributed by atoms with Crippen molar-refractivity contribution < 1.29 is 14.3 Å². The van der Waals surface area contributed by atoms with Crippen molar-refractivity contribution in [1.29, 1.82) is 0 Å². The van der Waals surface area contributed by atoms with Crippen LogP contribution >= 0.6 is 0 Å². The van der Waals surface area contributed by atoms with Crippen LogP contribution in [0, 0.1) is 5.92 Å². The molecule has 18 heavy (non-hydrogen) atoms. The largest absolute Gasteiger partial charge is 0.464 e. The van der Waals surface area contributed by atoms with Crippen molar-refractivity contribution in [3.63, 3.8) is 0 Å². The van der Waals surface area contributed by atoms with E-state index in [-0.39, 0.29) is 6.61 Å². The lowest BCUT2D eigenvalue weighted by atomic mass is 10.1. The van der Waals surface area contributed by atoms with Crippen LogP contribution in [0.1, 0.15) is 26.5 Å². The molecule has 0 fully saturated rings. The Morgan fingerprint density at radius 1 is 1.44 bits per heavy atom. The maximum absolute atomic E-state index is 11.2. The summed E-state index contributed by atoms with van der Waals surface area (Å²) in [6.45, 7) is 6.12. The number of rotatable bonds is 6. The summed E-state index contributed by atoms with van der Waals surface area (Å²) in [5, 5.41) is 0. The molecule has 5 nitrogen and oxygen atoms in total. The van der Waals surface area contributed by atoms with Crippen molar-refractivity contribution >= 4 is 11.7 Å². The number of ether oxygens (including phenoxy) is 2. The number of aromatic nitrogens is 1. The monoisotopic (exact) mass is 252 g/mol. The molecular formula is C13H20N2O3. The zero-order valence-electron chi connectivity index (χ0n) is 11.1. The summed E-state index contributed by atoms with van der Waals surface area (Å²) in [5.74, 6) is 0.369. The molecule has 5 heteroatoms. The van der Waals surface area contributed by atoms with Crippen LogP contribution in [-0.2, 0) is 16.0 Å². The normalized spacial score (nSPS) is 10.4. The summed E-state index contributed by atoms with van der Waals surface area (Å²) in [4.78, 5) is 15.5. The van der Waals surface area contributed by atoms with Crippen LogP contribution in [-0.4, -0.2) is 24.2 Å². The molecule has 0 aromatic carbocycles. The van der Waals surface area contributed by atoms with E-state index in [2.05, 4.69) is 18.8 Å². The molecule has 1 aromatic heterocycles. The summed E-state index contributed by atoms with van der Waals surface area (Å²) in [7, 11) is 0. The molecule has 0 amide bonds. The second kappa shape index (κ2) is 6.83. The van der Waals surface area contributed by atoms with Crippen LogP contribution in [0.2, 0.25) is 0 Å². The maximum atomic E-state index is 11.2. The number of hydrogen-bond acceptors (Lipinski definition) is 5. The molecule has 1 heterocycles. The minimum Gasteiger partial charge on any atom is -0.464 e. The second-order valence-corrected chi connectivity index (χ2v) is 4.39. The van der Waals surface area contributed by atoms with Crippen LogP contribution in [0.5, 0.6) is 5.88 Å². The quantitative estimate of drug-likeness (QED) is 0.781. The van der Waals surface area contributed by atoms with Crippen LogP contribution in [0.25, 0.3) is 0 Å². The predicted octanol–water partition coefficient (Wildman–Crippen LogP) is 1.80. The molecule has 0 unspecified atom stereocenters. The fourth-order valence-corrected chi connectivity index (χ4v) is 1.47. The maximum Gasteiger partial charge on any atom is 0.344 e. The Bertz CT molecular complexity index is 405. The number of carbonyl (C=O) groups is 1. The first kappa shape index (κ1) is 14.3. The average molecular weight is 252 g/mol. The summed E-state index contributed by atoms with van der Waals surface area (Å²) in [6, 6.07) is 3.61. The van der Waals surface area contributed by atoms with Gasteiger partial charge in [-0.2, -0.15) is 0 Å². The number of anilines is 1. The molecule has 0 radical (unpaired) electrons. The van der Waals surface area contributed by atoms with E-state index in [1.54, 1.807) is 13.0 Å².